The second-order valence-electron chi connectivity index (χ2n) is 6.48. The van der Waals surface area contributed by atoms with E-state index in [0.29, 0.717) is 30.0 Å². The van der Waals surface area contributed by atoms with Crippen molar-refractivity contribution in [1.29, 1.82) is 0 Å². The summed E-state index contributed by atoms with van der Waals surface area (Å²) >= 11 is 6.35. The SMILES string of the molecule is COC(=S)NCC1CN(c2ccc(-c3csc(Cn4cccn4)n3)c(F)c2)C(=O)O1. The number of anilines is 1. The van der Waals surface area contributed by atoms with Crippen LogP contribution in [0.1, 0.15) is 5.01 Å². The predicted molar refractivity (Wildman–Crippen MR) is 114 cm³/mol. The largest absolute Gasteiger partial charge is 0.474 e. The Morgan fingerprint density at radius 2 is 2.37 bits per heavy atom. The van der Waals surface area contributed by atoms with E-state index >= 15 is 0 Å². The maximum Gasteiger partial charge on any atom is 0.414 e. The van der Waals surface area contributed by atoms with E-state index in [0.717, 1.165) is 5.01 Å². The molecular weight excluding hydrogens is 429 g/mol. The highest BCUT2D eigenvalue weighted by Crippen LogP contribution is 2.30. The van der Waals surface area contributed by atoms with Crippen molar-refractivity contribution < 1.29 is 18.7 Å². The van der Waals surface area contributed by atoms with Crippen LogP contribution in [0.2, 0.25) is 0 Å². The fourth-order valence-electron chi connectivity index (χ4n) is 3.03. The highest BCUT2D eigenvalue weighted by Gasteiger charge is 2.32. The van der Waals surface area contributed by atoms with E-state index < -0.39 is 18.0 Å². The molecule has 1 N–H and O–H groups in total. The molecule has 0 bridgehead atoms. The van der Waals surface area contributed by atoms with Gasteiger partial charge in [-0.2, -0.15) is 5.10 Å². The van der Waals surface area contributed by atoms with Crippen LogP contribution < -0.4 is 10.2 Å². The zero-order chi connectivity index (χ0) is 21.1. The van der Waals surface area contributed by atoms with E-state index in [1.807, 2.05) is 12.3 Å². The Morgan fingerprint density at radius 1 is 1.50 bits per heavy atom. The first-order valence-electron chi connectivity index (χ1n) is 9.05. The molecule has 8 nitrogen and oxygen atoms in total. The summed E-state index contributed by atoms with van der Waals surface area (Å²) < 4.78 is 26.7. The molecule has 1 fully saturated rings. The van der Waals surface area contributed by atoms with Crippen LogP contribution >= 0.6 is 23.6 Å². The number of benzene rings is 1. The molecule has 1 aliphatic heterocycles. The van der Waals surface area contributed by atoms with Crippen molar-refractivity contribution in [2.75, 3.05) is 25.1 Å². The molecule has 30 heavy (non-hydrogen) atoms. The van der Waals surface area contributed by atoms with Gasteiger partial charge in [-0.05, 0) is 36.5 Å². The quantitative estimate of drug-likeness (QED) is 0.582. The summed E-state index contributed by atoms with van der Waals surface area (Å²) in [6.45, 7) is 1.12. The van der Waals surface area contributed by atoms with Crippen LogP contribution in [0, 0.1) is 5.82 Å². The summed E-state index contributed by atoms with van der Waals surface area (Å²) in [7, 11) is 1.45. The van der Waals surface area contributed by atoms with Crippen molar-refractivity contribution in [1.82, 2.24) is 20.1 Å². The highest BCUT2D eigenvalue weighted by atomic mass is 32.1. The van der Waals surface area contributed by atoms with Crippen molar-refractivity contribution >= 4 is 40.5 Å². The van der Waals surface area contributed by atoms with Crippen molar-refractivity contribution in [3.63, 3.8) is 0 Å². The molecule has 0 saturated carbocycles. The van der Waals surface area contributed by atoms with E-state index in [-0.39, 0.29) is 11.7 Å². The van der Waals surface area contributed by atoms with Gasteiger partial charge in [0.1, 0.15) is 16.9 Å². The van der Waals surface area contributed by atoms with Gasteiger partial charge in [-0.15, -0.1) is 11.3 Å². The fraction of sp³-hybridized carbons (Fsp3) is 0.263. The van der Waals surface area contributed by atoms with Crippen molar-refractivity contribution in [2.24, 2.45) is 0 Å². The number of carbonyl (C=O) groups excluding carboxylic acids is 1. The van der Waals surface area contributed by atoms with Gasteiger partial charge in [-0.3, -0.25) is 9.58 Å². The molecule has 156 valence electrons. The van der Waals surface area contributed by atoms with Gasteiger partial charge in [0, 0.05) is 23.3 Å². The molecule has 1 saturated heterocycles. The van der Waals surface area contributed by atoms with Gasteiger partial charge < -0.3 is 14.8 Å². The lowest BCUT2D eigenvalue weighted by atomic mass is 10.1. The third kappa shape index (κ3) is 4.41. The van der Waals surface area contributed by atoms with Gasteiger partial charge in [0.05, 0.1) is 38.1 Å². The average molecular weight is 448 g/mol. The lowest BCUT2D eigenvalue weighted by molar-refractivity contribution is 0.142. The first-order valence-corrected chi connectivity index (χ1v) is 10.3. The lowest BCUT2D eigenvalue weighted by Crippen LogP contribution is -2.34. The van der Waals surface area contributed by atoms with Crippen LogP contribution in [0.25, 0.3) is 11.3 Å². The lowest BCUT2D eigenvalue weighted by Gasteiger charge is -2.14. The van der Waals surface area contributed by atoms with E-state index in [1.165, 1.54) is 29.4 Å². The number of halogens is 1. The number of rotatable bonds is 6. The number of cyclic esters (lactones) is 1. The molecule has 1 amide bonds. The number of amides is 1. The number of hydrogen-bond acceptors (Lipinski definition) is 7. The zero-order valence-corrected chi connectivity index (χ0v) is 17.6. The van der Waals surface area contributed by atoms with Gasteiger partial charge in [-0.25, -0.2) is 14.2 Å². The second-order valence-corrected chi connectivity index (χ2v) is 7.80. The number of thiocarbonyl (C=S) groups is 1. The molecule has 3 heterocycles. The summed E-state index contributed by atoms with van der Waals surface area (Å²) in [6.07, 6.45) is 2.59. The number of nitrogens with zero attached hydrogens (tertiary/aromatic N) is 4. The first kappa shape index (κ1) is 20.2. The Kier molecular flexibility index (Phi) is 5.91. The number of ether oxygens (including phenoxy) is 2. The molecule has 1 atom stereocenters. The molecule has 11 heteroatoms. The molecule has 1 unspecified atom stereocenters. The number of hydrogen-bond donors (Lipinski definition) is 1. The third-order valence-corrected chi connectivity index (χ3v) is 5.63. The highest BCUT2D eigenvalue weighted by molar-refractivity contribution is 7.80. The smallest absolute Gasteiger partial charge is 0.414 e. The number of aromatic nitrogens is 3. The monoisotopic (exact) mass is 447 g/mol. The average Bonchev–Trinajstić information content (AvgIpc) is 3.48. The summed E-state index contributed by atoms with van der Waals surface area (Å²) in [5.41, 5.74) is 1.34. The number of carbonyl (C=O) groups is 1. The molecule has 0 radical (unpaired) electrons. The minimum absolute atomic E-state index is 0.218. The van der Waals surface area contributed by atoms with E-state index in [9.17, 15) is 9.18 Å². The summed E-state index contributed by atoms with van der Waals surface area (Å²) in [5, 5.41) is 9.84. The minimum Gasteiger partial charge on any atom is -0.474 e. The van der Waals surface area contributed by atoms with Gasteiger partial charge in [0.15, 0.2) is 0 Å². The zero-order valence-electron chi connectivity index (χ0n) is 15.9. The van der Waals surface area contributed by atoms with Crippen LogP contribution in [-0.4, -0.2) is 52.3 Å². The Labute approximate surface area is 181 Å². The molecule has 0 spiro atoms. The normalized spacial score (nSPS) is 15.9. The van der Waals surface area contributed by atoms with Crippen molar-refractivity contribution in [2.45, 2.75) is 12.6 Å². The number of nitrogens with one attached hydrogen (secondary N) is 1. The van der Waals surface area contributed by atoms with Crippen LogP contribution in [0.3, 0.4) is 0 Å². The van der Waals surface area contributed by atoms with Gasteiger partial charge in [0.25, 0.3) is 5.17 Å². The third-order valence-electron chi connectivity index (χ3n) is 4.48. The van der Waals surface area contributed by atoms with Crippen molar-refractivity contribution in [3.8, 4) is 11.3 Å². The topological polar surface area (TPSA) is 81.5 Å². The predicted octanol–water partition coefficient (Wildman–Crippen LogP) is 3.04. The van der Waals surface area contributed by atoms with Crippen molar-refractivity contribution in [3.05, 3.63) is 52.9 Å². The standard InChI is InChI=1S/C19H18FN5O3S2/c1-27-18(29)21-8-13-9-25(19(26)28-13)12-3-4-14(15(20)7-12)16-11-30-17(23-16)10-24-6-2-5-22-24/h2-7,11,13H,8-10H2,1H3,(H,21,29). The maximum absolute atomic E-state index is 14.8. The summed E-state index contributed by atoms with van der Waals surface area (Å²) in [4.78, 5) is 18.1. The van der Waals surface area contributed by atoms with Gasteiger partial charge in [0.2, 0.25) is 0 Å². The Hall–Kier alpha value is -3.05. The first-order chi connectivity index (χ1) is 14.5. The van der Waals surface area contributed by atoms with Crippen LogP contribution in [-0.2, 0) is 16.0 Å². The molecule has 2 aromatic heterocycles. The Balaban J connectivity index is 1.45. The number of methoxy groups -OCH3 is 1. The van der Waals surface area contributed by atoms with Crippen LogP contribution in [0.5, 0.6) is 0 Å². The van der Waals surface area contributed by atoms with Crippen LogP contribution in [0.4, 0.5) is 14.9 Å². The van der Waals surface area contributed by atoms with E-state index in [4.69, 9.17) is 21.7 Å². The Bertz CT molecular complexity index is 1060. The molecule has 1 aromatic carbocycles. The maximum atomic E-state index is 14.8. The molecule has 4 rings (SSSR count). The van der Waals surface area contributed by atoms with E-state index in [2.05, 4.69) is 15.4 Å². The second kappa shape index (κ2) is 8.76. The van der Waals surface area contributed by atoms with Gasteiger partial charge in [-0.1, -0.05) is 0 Å². The summed E-state index contributed by atoms with van der Waals surface area (Å²) in [6, 6.07) is 6.46. The molecule has 0 aliphatic carbocycles. The van der Waals surface area contributed by atoms with Crippen LogP contribution in [0.15, 0.2) is 42.0 Å². The molecule has 3 aromatic rings. The molecule has 1 aliphatic rings. The molecular formula is C19H18FN5O3S2. The fourth-order valence-corrected chi connectivity index (χ4v) is 3.90. The Morgan fingerprint density at radius 3 is 3.10 bits per heavy atom. The van der Waals surface area contributed by atoms with E-state index in [1.54, 1.807) is 28.4 Å². The number of thiazole rings is 1. The van der Waals surface area contributed by atoms with Gasteiger partial charge >= 0.3 is 6.09 Å². The summed E-state index contributed by atoms with van der Waals surface area (Å²) in [5.74, 6) is -0.460. The minimum atomic E-state index is -0.535.